The predicted octanol–water partition coefficient (Wildman–Crippen LogP) is 6.84. The maximum absolute atomic E-state index is 13.4. The Hall–Kier alpha value is -4.15. The molecular formula is C38H42N4O4Si. The van der Waals surface area contributed by atoms with Crippen LogP contribution in [-0.4, -0.2) is 57.9 Å². The zero-order chi connectivity index (χ0) is 32.7. The first-order chi connectivity index (χ1) is 22.7. The van der Waals surface area contributed by atoms with E-state index in [1.165, 1.54) is 5.56 Å². The van der Waals surface area contributed by atoms with Crippen LogP contribution in [0.2, 0.25) is 18.6 Å². The maximum Gasteiger partial charge on any atom is 0.263 e. The number of carbonyl (C=O) groups excluding carboxylic acids is 1. The van der Waals surface area contributed by atoms with Gasteiger partial charge in [-0.3, -0.25) is 14.4 Å². The molecule has 1 fully saturated rings. The monoisotopic (exact) mass is 646 g/mol. The number of amides is 1. The van der Waals surface area contributed by atoms with Gasteiger partial charge in [-0.2, -0.15) is 0 Å². The summed E-state index contributed by atoms with van der Waals surface area (Å²) in [7, 11) is -2.52. The fourth-order valence-electron chi connectivity index (χ4n) is 7.87. The Kier molecular flexibility index (Phi) is 8.57. The molecule has 4 aromatic carbocycles. The third-order valence-electron chi connectivity index (χ3n) is 10.1. The van der Waals surface area contributed by atoms with Crippen molar-refractivity contribution in [3.05, 3.63) is 120 Å². The van der Waals surface area contributed by atoms with Gasteiger partial charge in [-0.25, -0.2) is 0 Å². The first-order valence-corrected chi connectivity index (χ1v) is 19.6. The molecule has 1 amide bonds. The zero-order valence-electron chi connectivity index (χ0n) is 27.2. The Morgan fingerprint density at radius 3 is 2.38 bits per heavy atom. The predicted molar refractivity (Wildman–Crippen MR) is 186 cm³/mol. The molecule has 2 N–H and O–H groups in total. The molecule has 0 bridgehead atoms. The van der Waals surface area contributed by atoms with Crippen molar-refractivity contribution >= 4 is 36.4 Å². The minimum atomic E-state index is -2.52. The number of anilines is 2. The molecule has 47 heavy (non-hydrogen) atoms. The third kappa shape index (κ3) is 6.04. The molecule has 3 heterocycles. The lowest BCUT2D eigenvalue weighted by molar-refractivity contribution is 0.0245. The van der Waals surface area contributed by atoms with Crippen molar-refractivity contribution in [2.24, 2.45) is 5.92 Å². The van der Waals surface area contributed by atoms with E-state index in [0.717, 1.165) is 58.2 Å². The van der Waals surface area contributed by atoms with Crippen LogP contribution in [0, 0.1) is 5.92 Å². The Bertz CT molecular complexity index is 1870. The van der Waals surface area contributed by atoms with E-state index >= 15 is 0 Å². The number of aliphatic hydroxyl groups is 1. The quantitative estimate of drug-likeness (QED) is 0.153. The van der Waals surface area contributed by atoms with Gasteiger partial charge in [-0.05, 0) is 79.1 Å². The molecule has 8 nitrogen and oxygen atoms in total. The summed E-state index contributed by atoms with van der Waals surface area (Å²) in [6.07, 6.45) is 4.32. The fraction of sp³-hybridized carbons (Fsp3) is 0.342. The van der Waals surface area contributed by atoms with Crippen LogP contribution in [0.3, 0.4) is 0 Å². The van der Waals surface area contributed by atoms with Gasteiger partial charge in [-0.15, -0.1) is 5.10 Å². The van der Waals surface area contributed by atoms with Crippen molar-refractivity contribution in [3.8, 4) is 0 Å². The molecule has 1 saturated heterocycles. The molecule has 0 aliphatic carbocycles. The topological polar surface area (TPSA) is 101 Å². The van der Waals surface area contributed by atoms with Gasteiger partial charge in [0.15, 0.2) is 8.32 Å². The van der Waals surface area contributed by atoms with E-state index in [0.29, 0.717) is 6.54 Å². The number of aryl methyl sites for hydroxylation is 2. The number of carbonyl (C=O) groups is 1. The number of ether oxygens (including phenoxy) is 1. The smallest absolute Gasteiger partial charge is 0.263 e. The number of hydrogen-bond acceptors (Lipinski definition) is 6. The van der Waals surface area contributed by atoms with Crippen LogP contribution in [-0.2, 0) is 17.7 Å². The minimum Gasteiger partial charge on any atom is -0.432 e. The molecular weight excluding hydrogens is 605 g/mol. The highest BCUT2D eigenvalue weighted by atomic mass is 28.4. The van der Waals surface area contributed by atoms with Gasteiger partial charge in [-0.1, -0.05) is 78.9 Å². The summed E-state index contributed by atoms with van der Waals surface area (Å²) in [5.41, 5.74) is 5.60. The molecule has 5 atom stereocenters. The third-order valence-corrected chi connectivity index (χ3v) is 12.7. The van der Waals surface area contributed by atoms with Crippen molar-refractivity contribution in [3.63, 3.8) is 0 Å². The number of nitrogens with zero attached hydrogens (tertiary/aromatic N) is 4. The van der Waals surface area contributed by atoms with E-state index in [9.17, 15) is 14.7 Å². The van der Waals surface area contributed by atoms with Gasteiger partial charge in [0.05, 0.1) is 41.7 Å². The van der Waals surface area contributed by atoms with Crippen LogP contribution in [0.25, 0.3) is 10.8 Å². The van der Waals surface area contributed by atoms with E-state index in [2.05, 4.69) is 41.5 Å². The average Bonchev–Trinajstić information content (AvgIpc) is 3.75. The normalized spacial score (nSPS) is 21.6. The first kappa shape index (κ1) is 31.4. The summed E-state index contributed by atoms with van der Waals surface area (Å²) >= 11 is 0. The van der Waals surface area contributed by atoms with E-state index in [-0.39, 0.29) is 42.1 Å². The van der Waals surface area contributed by atoms with Gasteiger partial charge >= 0.3 is 0 Å². The second-order valence-corrected chi connectivity index (χ2v) is 17.6. The second-order valence-electron chi connectivity index (χ2n) is 13.6. The molecule has 5 aromatic rings. The minimum absolute atomic E-state index is 0.0112. The number of aliphatic hydroxyl groups excluding tert-OH is 1. The molecule has 0 spiro atoms. The van der Waals surface area contributed by atoms with Gasteiger partial charge in [0.2, 0.25) is 0 Å². The summed E-state index contributed by atoms with van der Waals surface area (Å²) in [6.45, 7) is 6.84. The summed E-state index contributed by atoms with van der Waals surface area (Å²) in [5, 5.41) is 20.9. The Balaban J connectivity index is 0.997. The van der Waals surface area contributed by atoms with Gasteiger partial charge in [0.1, 0.15) is 0 Å². The molecule has 0 radical (unpaired) electrons. The highest BCUT2D eigenvalue weighted by Crippen LogP contribution is 2.46. The Labute approximate surface area is 276 Å². The lowest BCUT2D eigenvalue weighted by Gasteiger charge is -2.30. The number of benzene rings is 4. The van der Waals surface area contributed by atoms with Crippen LogP contribution in [0.5, 0.6) is 0 Å². The second kappa shape index (κ2) is 12.8. The summed E-state index contributed by atoms with van der Waals surface area (Å²) in [6, 6.07) is 30.1. The average molecular weight is 647 g/mol. The van der Waals surface area contributed by atoms with Crippen LogP contribution in [0.1, 0.15) is 52.9 Å². The highest BCUT2D eigenvalue weighted by Gasteiger charge is 2.49. The van der Waals surface area contributed by atoms with Crippen molar-refractivity contribution in [1.82, 2.24) is 15.0 Å². The number of aromatic nitrogens is 3. The van der Waals surface area contributed by atoms with Crippen molar-refractivity contribution in [2.75, 3.05) is 11.5 Å². The molecule has 1 aromatic heterocycles. The number of rotatable bonds is 11. The van der Waals surface area contributed by atoms with Crippen LogP contribution in [0.4, 0.5) is 11.4 Å². The van der Waals surface area contributed by atoms with Gasteiger partial charge in [0.25, 0.3) is 5.91 Å². The van der Waals surface area contributed by atoms with Crippen molar-refractivity contribution in [1.29, 1.82) is 0 Å². The Morgan fingerprint density at radius 2 is 1.66 bits per heavy atom. The molecule has 2 aliphatic rings. The molecule has 0 saturated carbocycles. The standard InChI is InChI=1S/C38H42N4O4Si/c1-25-34(20-17-26-15-18-29(19-16-26)42-33-14-8-12-28-11-7-13-30(36(28)33)38(42)44)46-35(37(25)47(2,3)45)21-22-41-23-32(39-40-41)31(24-43)27-9-5-4-6-10-27/h4-16,18-19,23,25,31,34-35,37,43,45H,17,20-22,24H2,1-3H3/t25-,31?,34+,35-,37+/m1/s1. The van der Waals surface area contributed by atoms with E-state index in [1.54, 1.807) is 0 Å². The molecule has 1 unspecified atom stereocenters. The van der Waals surface area contributed by atoms with Gasteiger partial charge in [0, 0.05) is 29.4 Å². The van der Waals surface area contributed by atoms with E-state index < -0.39 is 8.32 Å². The highest BCUT2D eigenvalue weighted by molar-refractivity contribution is 6.71. The maximum atomic E-state index is 13.4. The van der Waals surface area contributed by atoms with Crippen LogP contribution >= 0.6 is 0 Å². The van der Waals surface area contributed by atoms with Crippen LogP contribution in [0.15, 0.2) is 97.2 Å². The summed E-state index contributed by atoms with van der Waals surface area (Å²) in [5.74, 6) is 0.0246. The summed E-state index contributed by atoms with van der Waals surface area (Å²) < 4.78 is 8.54. The van der Waals surface area contributed by atoms with Crippen molar-refractivity contribution in [2.45, 2.75) is 69.5 Å². The Morgan fingerprint density at radius 1 is 0.915 bits per heavy atom. The lowest BCUT2D eigenvalue weighted by atomic mass is 9.95. The van der Waals surface area contributed by atoms with E-state index in [1.807, 2.05) is 95.6 Å². The molecule has 7 rings (SSSR count). The van der Waals surface area contributed by atoms with Gasteiger partial charge < -0.3 is 14.6 Å². The largest absolute Gasteiger partial charge is 0.432 e. The van der Waals surface area contributed by atoms with Crippen LogP contribution < -0.4 is 4.90 Å². The first-order valence-electron chi connectivity index (χ1n) is 16.6. The van der Waals surface area contributed by atoms with E-state index in [4.69, 9.17) is 4.74 Å². The fourth-order valence-corrected chi connectivity index (χ4v) is 10.5. The molecule has 242 valence electrons. The molecule has 9 heteroatoms. The summed E-state index contributed by atoms with van der Waals surface area (Å²) in [4.78, 5) is 26.5. The van der Waals surface area contributed by atoms with Crippen molar-refractivity contribution < 1.29 is 19.4 Å². The lowest BCUT2D eigenvalue weighted by Crippen LogP contribution is -2.40. The molecule has 2 aliphatic heterocycles. The number of hydrogen-bond donors (Lipinski definition) is 2. The SMILES string of the molecule is C[C@H]1[C@H]([Si](C)(C)O)[C@@H](CCn2cc(C(CO)c3ccccc3)nn2)O[C@H]1CCc1ccc(N2C(=O)c3cccc4cccc2c34)cc1. The zero-order valence-corrected chi connectivity index (χ0v) is 28.2.